The van der Waals surface area contributed by atoms with Gasteiger partial charge in [0, 0.05) is 37.0 Å². The number of halogens is 1. The second-order valence-corrected chi connectivity index (χ2v) is 12.3. The number of aliphatic imine (C=N–C) groups is 1. The van der Waals surface area contributed by atoms with Gasteiger partial charge in [-0.3, -0.25) is 24.5 Å². The normalized spacial score (nSPS) is 12.3. The van der Waals surface area contributed by atoms with Crippen LogP contribution in [0, 0.1) is 5.92 Å². The molecular formula is C28H37IN4O5. The molecule has 9 nitrogen and oxygen atoms in total. The molecule has 0 saturated heterocycles. The molecule has 0 aromatic carbocycles. The number of anilines is 1. The molecule has 0 spiro atoms. The SMILES string of the molecule is CN=C(I)c1cc(-c2cncc(N(C(=O)CC(C)C)C(=O)OC(C)(C)C)c2)ncc1CC(=O)OC(C)(C)C. The molecule has 0 atom stereocenters. The Labute approximate surface area is 238 Å². The average molecular weight is 637 g/mol. The van der Waals surface area contributed by atoms with E-state index in [1.165, 1.54) is 6.20 Å². The van der Waals surface area contributed by atoms with Gasteiger partial charge in [0.15, 0.2) is 0 Å². The van der Waals surface area contributed by atoms with E-state index in [1.807, 2.05) is 40.7 Å². The maximum absolute atomic E-state index is 13.1. The third-order valence-electron chi connectivity index (χ3n) is 4.85. The summed E-state index contributed by atoms with van der Waals surface area (Å²) < 4.78 is 11.7. The van der Waals surface area contributed by atoms with E-state index in [9.17, 15) is 14.4 Å². The Morgan fingerprint density at radius 1 is 1.00 bits per heavy atom. The van der Waals surface area contributed by atoms with E-state index in [0.717, 1.165) is 10.5 Å². The van der Waals surface area contributed by atoms with Gasteiger partial charge < -0.3 is 9.47 Å². The van der Waals surface area contributed by atoms with Crippen molar-refractivity contribution in [2.75, 3.05) is 11.9 Å². The molecule has 10 heteroatoms. The van der Waals surface area contributed by atoms with Gasteiger partial charge in [0.25, 0.3) is 0 Å². The lowest BCUT2D eigenvalue weighted by Crippen LogP contribution is -2.41. The minimum absolute atomic E-state index is 0.0380. The molecule has 2 heterocycles. The van der Waals surface area contributed by atoms with Gasteiger partial charge in [-0.05, 0) is 87.7 Å². The first kappa shape index (κ1) is 31.3. The standard InChI is InChI=1S/C28H37IN4O5/c1-17(2)10-23(34)33(26(36)38-28(6,7)8)20-11-19(14-31-16-20)22-13-21(25(29)30-9)18(15-32-22)12-24(35)37-27(3,4)5/h11,13-17H,10,12H2,1-9H3. The van der Waals surface area contributed by atoms with Crippen LogP contribution in [0.1, 0.15) is 72.9 Å². The highest BCUT2D eigenvalue weighted by Crippen LogP contribution is 2.27. The summed E-state index contributed by atoms with van der Waals surface area (Å²) in [5.41, 5.74) is 1.42. The first-order valence-corrected chi connectivity index (χ1v) is 13.4. The van der Waals surface area contributed by atoms with E-state index < -0.39 is 17.3 Å². The summed E-state index contributed by atoms with van der Waals surface area (Å²) in [6.45, 7) is 14.5. The number of pyridine rings is 2. The van der Waals surface area contributed by atoms with Crippen molar-refractivity contribution in [1.29, 1.82) is 0 Å². The van der Waals surface area contributed by atoms with Crippen molar-refractivity contribution in [1.82, 2.24) is 9.97 Å². The zero-order chi connectivity index (χ0) is 28.8. The van der Waals surface area contributed by atoms with Gasteiger partial charge in [-0.15, -0.1) is 0 Å². The van der Waals surface area contributed by atoms with Gasteiger partial charge in [0.05, 0.1) is 24.0 Å². The smallest absolute Gasteiger partial charge is 0.421 e. The number of esters is 1. The van der Waals surface area contributed by atoms with Crippen LogP contribution in [0.4, 0.5) is 10.5 Å². The number of hydrogen-bond acceptors (Lipinski definition) is 8. The number of aromatic nitrogens is 2. The lowest BCUT2D eigenvalue weighted by Gasteiger charge is -2.26. The molecule has 38 heavy (non-hydrogen) atoms. The monoisotopic (exact) mass is 636 g/mol. The Balaban J connectivity index is 2.52. The number of rotatable bonds is 7. The summed E-state index contributed by atoms with van der Waals surface area (Å²) in [6, 6.07) is 3.48. The van der Waals surface area contributed by atoms with E-state index in [1.54, 1.807) is 46.3 Å². The van der Waals surface area contributed by atoms with Gasteiger partial charge in [-0.2, -0.15) is 0 Å². The molecule has 0 bridgehead atoms. The third-order valence-corrected chi connectivity index (χ3v) is 5.91. The maximum Gasteiger partial charge on any atom is 0.421 e. The predicted octanol–water partition coefficient (Wildman–Crippen LogP) is 6.15. The molecule has 206 valence electrons. The fourth-order valence-electron chi connectivity index (χ4n) is 3.42. The number of nitrogens with zero attached hydrogens (tertiary/aromatic N) is 4. The molecule has 0 radical (unpaired) electrons. The quantitative estimate of drug-likeness (QED) is 0.204. The van der Waals surface area contributed by atoms with Crippen LogP contribution in [-0.4, -0.2) is 49.9 Å². The minimum Gasteiger partial charge on any atom is -0.460 e. The van der Waals surface area contributed by atoms with Gasteiger partial charge >= 0.3 is 12.1 Å². The van der Waals surface area contributed by atoms with E-state index in [2.05, 4.69) is 37.6 Å². The van der Waals surface area contributed by atoms with Crippen LogP contribution in [0.25, 0.3) is 11.3 Å². The highest BCUT2D eigenvalue weighted by molar-refractivity contribution is 14.1. The Morgan fingerprint density at radius 2 is 1.63 bits per heavy atom. The molecule has 2 rings (SSSR count). The van der Waals surface area contributed by atoms with Crippen LogP contribution >= 0.6 is 22.6 Å². The second-order valence-electron chi connectivity index (χ2n) is 11.2. The number of hydrogen-bond donors (Lipinski definition) is 0. The summed E-state index contributed by atoms with van der Waals surface area (Å²) >= 11 is 2.11. The first-order valence-electron chi connectivity index (χ1n) is 12.4. The molecule has 0 saturated carbocycles. The summed E-state index contributed by atoms with van der Waals surface area (Å²) in [5, 5.41) is 0. The number of ether oxygens (including phenoxy) is 2. The van der Waals surface area contributed by atoms with E-state index in [-0.39, 0.29) is 36.3 Å². The van der Waals surface area contributed by atoms with E-state index >= 15 is 0 Å². The number of carbonyl (C=O) groups excluding carboxylic acids is 3. The van der Waals surface area contributed by atoms with Crippen molar-refractivity contribution in [2.24, 2.45) is 10.9 Å². The molecular weight excluding hydrogens is 599 g/mol. The average Bonchev–Trinajstić information content (AvgIpc) is 2.76. The highest BCUT2D eigenvalue weighted by Gasteiger charge is 2.30. The largest absolute Gasteiger partial charge is 0.460 e. The molecule has 2 aromatic heterocycles. The fraction of sp³-hybridized carbons (Fsp3) is 0.500. The van der Waals surface area contributed by atoms with Crippen molar-refractivity contribution in [3.8, 4) is 11.3 Å². The van der Waals surface area contributed by atoms with Crippen LogP contribution in [0.3, 0.4) is 0 Å². The molecule has 0 fully saturated rings. The topological polar surface area (TPSA) is 111 Å². The molecule has 0 aliphatic carbocycles. The second kappa shape index (κ2) is 12.8. The summed E-state index contributed by atoms with van der Waals surface area (Å²) in [5.74, 6) is -0.711. The molecule has 0 aliphatic heterocycles. The van der Waals surface area contributed by atoms with Crippen LogP contribution in [0.2, 0.25) is 0 Å². The van der Waals surface area contributed by atoms with Gasteiger partial charge in [0.2, 0.25) is 5.91 Å². The molecule has 2 amide bonds. The van der Waals surface area contributed by atoms with Crippen LogP contribution in [0.15, 0.2) is 35.7 Å². The maximum atomic E-state index is 13.1. The van der Waals surface area contributed by atoms with E-state index in [4.69, 9.17) is 9.47 Å². The summed E-state index contributed by atoms with van der Waals surface area (Å²) in [4.78, 5) is 52.7. The minimum atomic E-state index is -0.783. The zero-order valence-corrected chi connectivity index (χ0v) is 25.7. The molecule has 0 aliphatic rings. The summed E-state index contributed by atoms with van der Waals surface area (Å²) in [7, 11) is 1.67. The Kier molecular flexibility index (Phi) is 10.5. The highest BCUT2D eigenvalue weighted by atomic mass is 127. The van der Waals surface area contributed by atoms with Crippen LogP contribution < -0.4 is 4.90 Å². The first-order chi connectivity index (χ1) is 17.5. The third kappa shape index (κ3) is 9.45. The molecule has 0 N–H and O–H groups in total. The van der Waals surface area contributed by atoms with Crippen LogP contribution in [0.5, 0.6) is 0 Å². The van der Waals surface area contributed by atoms with Crippen molar-refractivity contribution < 1.29 is 23.9 Å². The Bertz CT molecular complexity index is 1210. The lowest BCUT2D eigenvalue weighted by molar-refractivity contribution is -0.153. The van der Waals surface area contributed by atoms with E-state index in [0.29, 0.717) is 20.5 Å². The molecule has 0 unspecified atom stereocenters. The number of amides is 2. The summed E-state index contributed by atoms with van der Waals surface area (Å²) in [6.07, 6.45) is 4.09. The zero-order valence-electron chi connectivity index (χ0n) is 23.6. The predicted molar refractivity (Wildman–Crippen MR) is 157 cm³/mol. The van der Waals surface area contributed by atoms with Crippen molar-refractivity contribution in [2.45, 2.75) is 79.4 Å². The van der Waals surface area contributed by atoms with Crippen molar-refractivity contribution >= 4 is 50.0 Å². The van der Waals surface area contributed by atoms with Gasteiger partial charge in [0.1, 0.15) is 14.9 Å². The molecule has 2 aromatic rings. The van der Waals surface area contributed by atoms with Gasteiger partial charge in [-0.1, -0.05) is 13.8 Å². The van der Waals surface area contributed by atoms with Crippen LogP contribution in [-0.2, 0) is 25.5 Å². The lowest BCUT2D eigenvalue weighted by atomic mass is 10.0. The number of imide groups is 1. The number of carbonyl (C=O) groups is 3. The van der Waals surface area contributed by atoms with Gasteiger partial charge in [-0.25, -0.2) is 9.69 Å². The van der Waals surface area contributed by atoms with Crippen molar-refractivity contribution in [3.63, 3.8) is 0 Å². The fourth-order valence-corrected chi connectivity index (χ4v) is 3.92. The van der Waals surface area contributed by atoms with Crippen molar-refractivity contribution in [3.05, 3.63) is 41.9 Å². The Morgan fingerprint density at radius 3 is 2.18 bits per heavy atom. The Hall–Kier alpha value is -2.89.